The SMILES string of the molecule is C#CCCCC(NC)C1CN(CCC)CCO1. The molecular weight excluding hydrogens is 212 g/mol. The van der Waals surface area contributed by atoms with Crippen LogP contribution >= 0.6 is 0 Å². The maximum absolute atomic E-state index is 5.88. The summed E-state index contributed by atoms with van der Waals surface area (Å²) < 4.78 is 5.88. The van der Waals surface area contributed by atoms with Crippen LogP contribution in [0.25, 0.3) is 0 Å². The largest absolute Gasteiger partial charge is 0.374 e. The van der Waals surface area contributed by atoms with Gasteiger partial charge in [-0.15, -0.1) is 12.3 Å². The Bertz CT molecular complexity index is 235. The summed E-state index contributed by atoms with van der Waals surface area (Å²) in [4.78, 5) is 2.50. The highest BCUT2D eigenvalue weighted by Crippen LogP contribution is 2.13. The van der Waals surface area contributed by atoms with Crippen LogP contribution in [0, 0.1) is 12.3 Å². The molecule has 1 fully saturated rings. The molecule has 1 aliphatic heterocycles. The van der Waals surface area contributed by atoms with Crippen LogP contribution in [0.1, 0.15) is 32.6 Å². The zero-order valence-corrected chi connectivity index (χ0v) is 11.2. The molecule has 0 radical (unpaired) electrons. The van der Waals surface area contributed by atoms with E-state index in [1.807, 2.05) is 7.05 Å². The van der Waals surface area contributed by atoms with Crippen molar-refractivity contribution in [2.24, 2.45) is 0 Å². The normalized spacial score (nSPS) is 23.2. The first-order chi connectivity index (χ1) is 8.31. The number of hydrogen-bond donors (Lipinski definition) is 1. The summed E-state index contributed by atoms with van der Waals surface area (Å²) >= 11 is 0. The van der Waals surface area contributed by atoms with E-state index in [1.54, 1.807) is 0 Å². The van der Waals surface area contributed by atoms with Crippen LogP contribution in [0.15, 0.2) is 0 Å². The number of morpholine rings is 1. The highest BCUT2D eigenvalue weighted by Gasteiger charge is 2.26. The molecule has 98 valence electrons. The molecule has 1 rings (SSSR count). The Hall–Kier alpha value is -0.560. The van der Waals surface area contributed by atoms with E-state index < -0.39 is 0 Å². The molecule has 1 N–H and O–H groups in total. The second kappa shape index (κ2) is 8.52. The molecule has 17 heavy (non-hydrogen) atoms. The highest BCUT2D eigenvalue weighted by atomic mass is 16.5. The van der Waals surface area contributed by atoms with Gasteiger partial charge in [-0.05, 0) is 32.9 Å². The lowest BCUT2D eigenvalue weighted by molar-refractivity contribution is -0.0466. The fourth-order valence-corrected chi connectivity index (χ4v) is 2.43. The summed E-state index contributed by atoms with van der Waals surface area (Å²) in [5.74, 6) is 2.70. The molecule has 0 aromatic carbocycles. The van der Waals surface area contributed by atoms with Crippen LogP contribution in [0.3, 0.4) is 0 Å². The van der Waals surface area contributed by atoms with E-state index >= 15 is 0 Å². The number of terminal acetylenes is 1. The van der Waals surface area contributed by atoms with Crippen LogP contribution in [0.4, 0.5) is 0 Å². The van der Waals surface area contributed by atoms with E-state index in [0.29, 0.717) is 12.1 Å². The molecule has 0 saturated carbocycles. The zero-order chi connectivity index (χ0) is 12.5. The molecule has 0 bridgehead atoms. The Labute approximate surface area is 106 Å². The summed E-state index contributed by atoms with van der Waals surface area (Å²) in [5, 5.41) is 3.37. The van der Waals surface area contributed by atoms with E-state index in [0.717, 1.165) is 39.0 Å². The molecule has 2 atom stereocenters. The lowest BCUT2D eigenvalue weighted by atomic mass is 10.0. The molecule has 0 aliphatic carbocycles. The van der Waals surface area contributed by atoms with Crippen molar-refractivity contribution in [1.82, 2.24) is 10.2 Å². The molecule has 2 unspecified atom stereocenters. The second-order valence-electron chi connectivity index (χ2n) is 4.70. The predicted octanol–water partition coefficient (Wildman–Crippen LogP) is 1.49. The molecule has 0 aromatic rings. The molecule has 3 heteroatoms. The first-order valence-electron chi connectivity index (χ1n) is 6.76. The van der Waals surface area contributed by atoms with Crippen LogP contribution < -0.4 is 5.32 Å². The quantitative estimate of drug-likeness (QED) is 0.537. The fraction of sp³-hybridized carbons (Fsp3) is 0.857. The number of nitrogens with one attached hydrogen (secondary N) is 1. The lowest BCUT2D eigenvalue weighted by Gasteiger charge is -2.36. The van der Waals surface area contributed by atoms with Gasteiger partial charge in [-0.1, -0.05) is 6.92 Å². The maximum Gasteiger partial charge on any atom is 0.0855 e. The molecule has 1 saturated heterocycles. The maximum atomic E-state index is 5.88. The Morgan fingerprint density at radius 1 is 1.59 bits per heavy atom. The van der Waals surface area contributed by atoms with Gasteiger partial charge in [0.2, 0.25) is 0 Å². The summed E-state index contributed by atoms with van der Waals surface area (Å²) in [6.45, 7) is 6.39. The molecule has 0 aromatic heterocycles. The topological polar surface area (TPSA) is 24.5 Å². The van der Waals surface area contributed by atoms with Gasteiger partial charge in [-0.3, -0.25) is 4.90 Å². The highest BCUT2D eigenvalue weighted by molar-refractivity contribution is 4.86. The van der Waals surface area contributed by atoms with Crippen LogP contribution in [-0.4, -0.2) is 50.3 Å². The van der Waals surface area contributed by atoms with Gasteiger partial charge in [-0.2, -0.15) is 0 Å². The number of ether oxygens (including phenoxy) is 1. The Morgan fingerprint density at radius 2 is 2.41 bits per heavy atom. The summed E-state index contributed by atoms with van der Waals surface area (Å²) in [6, 6.07) is 0.433. The third-order valence-electron chi connectivity index (χ3n) is 3.37. The Balaban J connectivity index is 2.36. The summed E-state index contributed by atoms with van der Waals surface area (Å²) in [6.07, 6.45) is 9.87. The van der Waals surface area contributed by atoms with Gasteiger partial charge in [-0.25, -0.2) is 0 Å². The van der Waals surface area contributed by atoms with Crippen LogP contribution in [0.2, 0.25) is 0 Å². The standard InChI is InChI=1S/C14H26N2O/c1-4-6-7-8-13(15-3)14-12-16(9-5-2)10-11-17-14/h1,13-15H,5-12H2,2-3H3. The third-order valence-corrected chi connectivity index (χ3v) is 3.37. The monoisotopic (exact) mass is 238 g/mol. The molecule has 1 aliphatic rings. The van der Waals surface area contributed by atoms with Crippen molar-refractivity contribution < 1.29 is 4.74 Å². The number of nitrogens with zero attached hydrogens (tertiary/aromatic N) is 1. The van der Waals surface area contributed by atoms with Gasteiger partial charge in [0, 0.05) is 25.6 Å². The molecular formula is C14H26N2O. The number of hydrogen-bond acceptors (Lipinski definition) is 3. The fourth-order valence-electron chi connectivity index (χ4n) is 2.43. The van der Waals surface area contributed by atoms with Crippen molar-refractivity contribution in [2.75, 3.05) is 33.3 Å². The van der Waals surface area contributed by atoms with Gasteiger partial charge >= 0.3 is 0 Å². The zero-order valence-electron chi connectivity index (χ0n) is 11.2. The van der Waals surface area contributed by atoms with Crippen LogP contribution in [-0.2, 0) is 4.74 Å². The number of unbranched alkanes of at least 4 members (excludes halogenated alkanes) is 1. The average Bonchev–Trinajstić information content (AvgIpc) is 2.35. The predicted molar refractivity (Wildman–Crippen MR) is 72.0 cm³/mol. The van der Waals surface area contributed by atoms with Crippen molar-refractivity contribution in [2.45, 2.75) is 44.8 Å². The molecule has 0 spiro atoms. The van der Waals surface area contributed by atoms with Gasteiger partial charge in [0.15, 0.2) is 0 Å². The van der Waals surface area contributed by atoms with Crippen LogP contribution in [0.5, 0.6) is 0 Å². The lowest BCUT2D eigenvalue weighted by Crippen LogP contribution is -2.51. The van der Waals surface area contributed by atoms with E-state index in [9.17, 15) is 0 Å². The molecule has 3 nitrogen and oxygen atoms in total. The van der Waals surface area contributed by atoms with Crippen molar-refractivity contribution in [3.8, 4) is 12.3 Å². The van der Waals surface area contributed by atoms with Crippen molar-refractivity contribution in [1.29, 1.82) is 0 Å². The number of likely N-dealkylation sites (N-methyl/N-ethyl adjacent to an activating group) is 1. The number of rotatable bonds is 7. The first-order valence-corrected chi connectivity index (χ1v) is 6.76. The third kappa shape index (κ3) is 5.08. The van der Waals surface area contributed by atoms with E-state index in [2.05, 4.69) is 23.1 Å². The minimum atomic E-state index is 0.318. The second-order valence-corrected chi connectivity index (χ2v) is 4.70. The van der Waals surface area contributed by atoms with E-state index in [-0.39, 0.29) is 0 Å². The van der Waals surface area contributed by atoms with Gasteiger partial charge in [0.25, 0.3) is 0 Å². The van der Waals surface area contributed by atoms with Crippen molar-refractivity contribution >= 4 is 0 Å². The smallest absolute Gasteiger partial charge is 0.0855 e. The van der Waals surface area contributed by atoms with E-state index in [4.69, 9.17) is 11.2 Å². The van der Waals surface area contributed by atoms with E-state index in [1.165, 1.54) is 13.0 Å². The van der Waals surface area contributed by atoms with Gasteiger partial charge < -0.3 is 10.1 Å². The van der Waals surface area contributed by atoms with Gasteiger partial charge in [0.05, 0.1) is 12.7 Å². The Kier molecular flexibility index (Phi) is 7.27. The summed E-state index contributed by atoms with van der Waals surface area (Å²) in [7, 11) is 2.02. The minimum absolute atomic E-state index is 0.318. The average molecular weight is 238 g/mol. The van der Waals surface area contributed by atoms with Crippen molar-refractivity contribution in [3.05, 3.63) is 0 Å². The van der Waals surface area contributed by atoms with Crippen molar-refractivity contribution in [3.63, 3.8) is 0 Å². The Morgan fingerprint density at radius 3 is 3.06 bits per heavy atom. The van der Waals surface area contributed by atoms with Gasteiger partial charge in [0.1, 0.15) is 0 Å². The molecule has 0 amide bonds. The minimum Gasteiger partial charge on any atom is -0.374 e. The first kappa shape index (κ1) is 14.5. The summed E-state index contributed by atoms with van der Waals surface area (Å²) in [5.41, 5.74) is 0. The molecule has 1 heterocycles.